The van der Waals surface area contributed by atoms with Crippen LogP contribution >= 0.6 is 0 Å². The molecule has 1 N–H and O–H groups in total. The first-order valence-corrected chi connectivity index (χ1v) is 6.22. The molecule has 1 heterocycles. The molecule has 0 spiro atoms. The molecule has 1 atom stereocenters. The molecule has 1 fully saturated rings. The van der Waals surface area contributed by atoms with Gasteiger partial charge in [-0.05, 0) is 51.7 Å². The highest BCUT2D eigenvalue weighted by atomic mass is 15.1. The zero-order chi connectivity index (χ0) is 10.4. The number of piperidine rings is 1. The number of nitrogens with zero attached hydrogens (tertiary/aromatic N) is 1. The Balaban J connectivity index is 2.30. The molecule has 1 unspecified atom stereocenters. The molecular weight excluding hydrogens is 172 g/mol. The van der Waals surface area contributed by atoms with Crippen LogP contribution in [0.15, 0.2) is 0 Å². The Morgan fingerprint density at radius 1 is 1.29 bits per heavy atom. The standard InChI is InChI=1S/C12H26N2/c1-4-11(3)14(5-2)10-12-6-8-13-9-7-12/h11-13H,4-10H2,1-3H3. The summed E-state index contributed by atoms with van der Waals surface area (Å²) in [5.74, 6) is 0.935. The van der Waals surface area contributed by atoms with Gasteiger partial charge >= 0.3 is 0 Å². The van der Waals surface area contributed by atoms with Gasteiger partial charge in [-0.25, -0.2) is 0 Å². The molecule has 0 amide bonds. The van der Waals surface area contributed by atoms with Crippen LogP contribution in [-0.4, -0.2) is 37.1 Å². The van der Waals surface area contributed by atoms with Gasteiger partial charge in [-0.3, -0.25) is 0 Å². The van der Waals surface area contributed by atoms with Crippen molar-refractivity contribution in [2.45, 2.75) is 46.1 Å². The summed E-state index contributed by atoms with van der Waals surface area (Å²) < 4.78 is 0. The van der Waals surface area contributed by atoms with Gasteiger partial charge in [-0.15, -0.1) is 0 Å². The Morgan fingerprint density at radius 3 is 2.43 bits per heavy atom. The third kappa shape index (κ3) is 3.58. The van der Waals surface area contributed by atoms with E-state index in [1.165, 1.54) is 45.4 Å². The lowest BCUT2D eigenvalue weighted by atomic mass is 9.97. The molecule has 0 aromatic carbocycles. The van der Waals surface area contributed by atoms with Crippen molar-refractivity contribution in [3.8, 4) is 0 Å². The van der Waals surface area contributed by atoms with Crippen molar-refractivity contribution in [1.82, 2.24) is 10.2 Å². The topological polar surface area (TPSA) is 15.3 Å². The molecule has 1 saturated heterocycles. The summed E-state index contributed by atoms with van der Waals surface area (Å²) in [6.45, 7) is 11.9. The molecule has 0 aromatic rings. The highest BCUT2D eigenvalue weighted by molar-refractivity contribution is 4.74. The molecule has 0 aromatic heterocycles. The van der Waals surface area contributed by atoms with Gasteiger partial charge < -0.3 is 10.2 Å². The molecule has 0 bridgehead atoms. The van der Waals surface area contributed by atoms with Crippen molar-refractivity contribution in [3.05, 3.63) is 0 Å². The van der Waals surface area contributed by atoms with Crippen LogP contribution in [0.1, 0.15) is 40.0 Å². The van der Waals surface area contributed by atoms with Gasteiger partial charge in [0.2, 0.25) is 0 Å². The number of rotatable bonds is 5. The smallest absolute Gasteiger partial charge is 0.00643 e. The Hall–Kier alpha value is -0.0800. The van der Waals surface area contributed by atoms with Gasteiger partial charge in [-0.2, -0.15) is 0 Å². The monoisotopic (exact) mass is 198 g/mol. The van der Waals surface area contributed by atoms with Crippen LogP contribution in [0.25, 0.3) is 0 Å². The van der Waals surface area contributed by atoms with Crippen LogP contribution in [0.4, 0.5) is 0 Å². The van der Waals surface area contributed by atoms with Gasteiger partial charge in [0, 0.05) is 12.6 Å². The van der Waals surface area contributed by atoms with Gasteiger partial charge in [0.1, 0.15) is 0 Å². The molecule has 14 heavy (non-hydrogen) atoms. The van der Waals surface area contributed by atoms with Crippen LogP contribution in [0.3, 0.4) is 0 Å². The van der Waals surface area contributed by atoms with E-state index >= 15 is 0 Å². The van der Waals surface area contributed by atoms with Crippen LogP contribution in [0.5, 0.6) is 0 Å². The van der Waals surface area contributed by atoms with Gasteiger partial charge in [0.25, 0.3) is 0 Å². The maximum Gasteiger partial charge on any atom is 0.00643 e. The molecule has 1 aliphatic rings. The number of hydrogen-bond acceptors (Lipinski definition) is 2. The highest BCUT2D eigenvalue weighted by Gasteiger charge is 2.18. The molecule has 1 rings (SSSR count). The summed E-state index contributed by atoms with van der Waals surface area (Å²) in [4.78, 5) is 2.63. The van der Waals surface area contributed by atoms with Crippen LogP contribution in [0, 0.1) is 5.92 Å². The molecule has 2 nitrogen and oxygen atoms in total. The SMILES string of the molecule is CCC(C)N(CC)CC1CCNCC1. The zero-order valence-corrected chi connectivity index (χ0v) is 10.1. The highest BCUT2D eigenvalue weighted by Crippen LogP contribution is 2.15. The Bertz CT molecular complexity index is 141. The van der Waals surface area contributed by atoms with Gasteiger partial charge in [0.05, 0.1) is 0 Å². The van der Waals surface area contributed by atoms with Gasteiger partial charge in [-0.1, -0.05) is 13.8 Å². The number of hydrogen-bond donors (Lipinski definition) is 1. The summed E-state index contributed by atoms with van der Waals surface area (Å²) in [6.07, 6.45) is 4.01. The second-order valence-corrected chi connectivity index (χ2v) is 4.54. The number of nitrogens with one attached hydrogen (secondary N) is 1. The van der Waals surface area contributed by atoms with E-state index in [1.807, 2.05) is 0 Å². The molecule has 1 aliphatic heterocycles. The van der Waals surface area contributed by atoms with E-state index < -0.39 is 0 Å². The lowest BCUT2D eigenvalue weighted by molar-refractivity contribution is 0.165. The Kier molecular flexibility index (Phi) is 5.49. The minimum Gasteiger partial charge on any atom is -0.317 e. The van der Waals surface area contributed by atoms with Crippen molar-refractivity contribution >= 4 is 0 Å². The molecule has 0 saturated carbocycles. The quantitative estimate of drug-likeness (QED) is 0.728. The van der Waals surface area contributed by atoms with Crippen LogP contribution in [0.2, 0.25) is 0 Å². The first-order valence-electron chi connectivity index (χ1n) is 6.22. The predicted molar refractivity (Wildman–Crippen MR) is 62.6 cm³/mol. The maximum atomic E-state index is 3.43. The summed E-state index contributed by atoms with van der Waals surface area (Å²) in [7, 11) is 0. The van der Waals surface area contributed by atoms with Crippen molar-refractivity contribution < 1.29 is 0 Å². The van der Waals surface area contributed by atoms with Crippen LogP contribution in [-0.2, 0) is 0 Å². The minimum atomic E-state index is 0.759. The summed E-state index contributed by atoms with van der Waals surface area (Å²) >= 11 is 0. The molecular formula is C12H26N2. The summed E-state index contributed by atoms with van der Waals surface area (Å²) in [6, 6.07) is 0.759. The van der Waals surface area contributed by atoms with Crippen molar-refractivity contribution in [1.29, 1.82) is 0 Å². The van der Waals surface area contributed by atoms with Crippen LogP contribution < -0.4 is 5.32 Å². The fraction of sp³-hybridized carbons (Fsp3) is 1.00. The zero-order valence-electron chi connectivity index (χ0n) is 10.1. The molecule has 84 valence electrons. The van der Waals surface area contributed by atoms with Crippen molar-refractivity contribution in [3.63, 3.8) is 0 Å². The van der Waals surface area contributed by atoms with E-state index in [9.17, 15) is 0 Å². The fourth-order valence-electron chi connectivity index (χ4n) is 2.27. The Labute approximate surface area is 89.1 Å². The van der Waals surface area contributed by atoms with E-state index in [2.05, 4.69) is 31.0 Å². The average molecular weight is 198 g/mol. The van der Waals surface area contributed by atoms with Gasteiger partial charge in [0.15, 0.2) is 0 Å². The third-order valence-corrected chi connectivity index (χ3v) is 3.57. The van der Waals surface area contributed by atoms with E-state index in [1.54, 1.807) is 0 Å². The first-order chi connectivity index (χ1) is 6.77. The third-order valence-electron chi connectivity index (χ3n) is 3.57. The largest absolute Gasteiger partial charge is 0.317 e. The van der Waals surface area contributed by atoms with Crippen molar-refractivity contribution in [2.75, 3.05) is 26.2 Å². The molecule has 0 aliphatic carbocycles. The lowest BCUT2D eigenvalue weighted by Crippen LogP contribution is -2.40. The van der Waals surface area contributed by atoms with E-state index in [-0.39, 0.29) is 0 Å². The van der Waals surface area contributed by atoms with E-state index in [4.69, 9.17) is 0 Å². The first kappa shape index (κ1) is 12.0. The fourth-order valence-corrected chi connectivity index (χ4v) is 2.27. The van der Waals surface area contributed by atoms with E-state index in [0.717, 1.165) is 12.0 Å². The van der Waals surface area contributed by atoms with Crippen molar-refractivity contribution in [2.24, 2.45) is 5.92 Å². The molecule has 2 heteroatoms. The lowest BCUT2D eigenvalue weighted by Gasteiger charge is -2.33. The second kappa shape index (κ2) is 6.41. The Morgan fingerprint density at radius 2 is 1.93 bits per heavy atom. The predicted octanol–water partition coefficient (Wildman–Crippen LogP) is 2.11. The summed E-state index contributed by atoms with van der Waals surface area (Å²) in [5.41, 5.74) is 0. The second-order valence-electron chi connectivity index (χ2n) is 4.54. The summed E-state index contributed by atoms with van der Waals surface area (Å²) in [5, 5.41) is 3.43. The average Bonchev–Trinajstić information content (AvgIpc) is 2.26. The normalized spacial score (nSPS) is 21.4. The minimum absolute atomic E-state index is 0.759. The molecule has 0 radical (unpaired) electrons. The maximum absolute atomic E-state index is 3.43. The van der Waals surface area contributed by atoms with E-state index in [0.29, 0.717) is 0 Å².